The summed E-state index contributed by atoms with van der Waals surface area (Å²) in [5.41, 5.74) is 6.59. The Balaban J connectivity index is 2.77. The summed E-state index contributed by atoms with van der Waals surface area (Å²) in [5.74, 6) is 5.07. The molecule has 0 aliphatic carbocycles. The summed E-state index contributed by atoms with van der Waals surface area (Å²) in [6, 6.07) is 7.00. The van der Waals surface area contributed by atoms with E-state index in [1.165, 1.54) is 11.9 Å². The van der Waals surface area contributed by atoms with Gasteiger partial charge in [0.15, 0.2) is 0 Å². The molecule has 0 heterocycles. The largest absolute Gasteiger partial charge is 0.316 e. The molecule has 0 aliphatic heterocycles. The molecule has 0 fully saturated rings. The summed E-state index contributed by atoms with van der Waals surface area (Å²) in [6.07, 6.45) is 0. The highest BCUT2D eigenvalue weighted by Crippen LogP contribution is 2.24. The molecule has 5 heteroatoms. The van der Waals surface area contributed by atoms with Crippen LogP contribution in [0, 0.1) is 0 Å². The molecule has 1 aromatic rings. The molecule has 0 bridgehead atoms. The van der Waals surface area contributed by atoms with Gasteiger partial charge < -0.3 is 5.73 Å². The van der Waals surface area contributed by atoms with Gasteiger partial charge in [-0.3, -0.25) is 9.80 Å². The minimum absolute atomic E-state index is 0.297. The number of rotatable bonds is 4. The number of benzene rings is 1. The van der Waals surface area contributed by atoms with Crippen molar-refractivity contribution < 1.29 is 4.79 Å². The maximum Gasteiger partial charge on any atom is 0.257 e. The predicted octanol–water partition coefficient (Wildman–Crippen LogP) is 1.52. The summed E-state index contributed by atoms with van der Waals surface area (Å²) in [6.45, 7) is 4.27. The van der Waals surface area contributed by atoms with Gasteiger partial charge in [-0.25, -0.2) is 5.84 Å². The Hall–Kier alpha value is -1.04. The average molecular weight is 253 g/mol. The van der Waals surface area contributed by atoms with E-state index in [9.17, 15) is 4.79 Å². The zero-order chi connectivity index (χ0) is 13.0. The van der Waals surface area contributed by atoms with Crippen LogP contribution in [0.1, 0.15) is 25.5 Å². The number of hydrogen-bond acceptors (Lipinski definition) is 4. The Morgan fingerprint density at radius 2 is 1.82 bits per heavy atom. The first kappa shape index (κ1) is 14.0. The maximum absolute atomic E-state index is 11.6. The topological polar surface area (TPSA) is 72.4 Å². The molecule has 4 nitrogen and oxygen atoms in total. The molecule has 4 N–H and O–H groups in total. The third-order valence-electron chi connectivity index (χ3n) is 2.22. The highest BCUT2D eigenvalue weighted by Gasteiger charge is 2.17. The van der Waals surface area contributed by atoms with E-state index in [1.54, 1.807) is 11.8 Å². The van der Waals surface area contributed by atoms with Gasteiger partial charge in [0, 0.05) is 17.2 Å². The van der Waals surface area contributed by atoms with Crippen molar-refractivity contribution in [3.05, 3.63) is 29.8 Å². The molecule has 0 spiro atoms. The van der Waals surface area contributed by atoms with Crippen LogP contribution in [-0.2, 0) is 4.79 Å². The first-order chi connectivity index (χ1) is 7.91. The molecule has 17 heavy (non-hydrogen) atoms. The van der Waals surface area contributed by atoms with Crippen molar-refractivity contribution in [1.82, 2.24) is 5.01 Å². The molecule has 0 aromatic heterocycles. The van der Waals surface area contributed by atoms with Gasteiger partial charge in [-0.1, -0.05) is 26.0 Å². The highest BCUT2D eigenvalue weighted by molar-refractivity contribution is 7.99. The molecule has 1 atom stereocenters. The van der Waals surface area contributed by atoms with E-state index >= 15 is 0 Å². The Morgan fingerprint density at radius 1 is 1.29 bits per heavy atom. The van der Waals surface area contributed by atoms with E-state index in [-0.39, 0.29) is 5.91 Å². The molecule has 94 valence electrons. The summed E-state index contributed by atoms with van der Waals surface area (Å²) < 4.78 is 0. The summed E-state index contributed by atoms with van der Waals surface area (Å²) in [5, 5.41) is 1.55. The zero-order valence-electron chi connectivity index (χ0n) is 10.4. The Bertz CT molecular complexity index is 376. The fourth-order valence-corrected chi connectivity index (χ4v) is 2.23. The van der Waals surface area contributed by atoms with Crippen molar-refractivity contribution >= 4 is 17.7 Å². The number of carbonyl (C=O) groups excluding carboxylic acids is 1. The van der Waals surface area contributed by atoms with Crippen molar-refractivity contribution in [2.75, 3.05) is 7.05 Å². The number of nitrogens with two attached hydrogens (primary N) is 2. The average Bonchev–Trinajstić information content (AvgIpc) is 2.27. The monoisotopic (exact) mass is 253 g/mol. The third-order valence-corrected chi connectivity index (χ3v) is 3.24. The van der Waals surface area contributed by atoms with Gasteiger partial charge >= 0.3 is 0 Å². The van der Waals surface area contributed by atoms with Crippen molar-refractivity contribution in [3.63, 3.8) is 0 Å². The molecule has 0 saturated heterocycles. The van der Waals surface area contributed by atoms with Crippen molar-refractivity contribution in [2.45, 2.75) is 30.0 Å². The Morgan fingerprint density at radius 3 is 2.24 bits per heavy atom. The number of hydrogen-bond donors (Lipinski definition) is 2. The summed E-state index contributed by atoms with van der Waals surface area (Å²) >= 11 is 1.77. The van der Waals surface area contributed by atoms with Gasteiger partial charge in [-0.2, -0.15) is 0 Å². The first-order valence-electron chi connectivity index (χ1n) is 5.46. The van der Waals surface area contributed by atoms with Crippen LogP contribution in [0.5, 0.6) is 0 Å². The fourth-order valence-electron chi connectivity index (χ4n) is 1.39. The molecule has 1 aromatic carbocycles. The lowest BCUT2D eigenvalue weighted by Gasteiger charge is -2.16. The normalized spacial score (nSPS) is 12.6. The minimum Gasteiger partial charge on any atom is -0.316 e. The molecule has 0 saturated carbocycles. The van der Waals surface area contributed by atoms with Gasteiger partial charge in [-0.15, -0.1) is 11.8 Å². The van der Waals surface area contributed by atoms with E-state index < -0.39 is 6.04 Å². The van der Waals surface area contributed by atoms with E-state index in [2.05, 4.69) is 13.8 Å². The first-order valence-corrected chi connectivity index (χ1v) is 6.34. The van der Waals surface area contributed by atoms with Crippen LogP contribution in [0.25, 0.3) is 0 Å². The Labute approximate surface area is 106 Å². The second-order valence-corrected chi connectivity index (χ2v) is 5.81. The molecule has 1 rings (SSSR count). The van der Waals surface area contributed by atoms with Gasteiger partial charge in [0.05, 0.1) is 0 Å². The molecular formula is C12H19N3OS. The number of likely N-dealkylation sites (N-methyl/N-ethyl adjacent to an activating group) is 1. The second kappa shape index (κ2) is 6.05. The van der Waals surface area contributed by atoms with Crippen LogP contribution in [0.3, 0.4) is 0 Å². The van der Waals surface area contributed by atoms with Gasteiger partial charge in [-0.05, 0) is 17.7 Å². The fraction of sp³-hybridized carbons (Fsp3) is 0.417. The van der Waals surface area contributed by atoms with Crippen LogP contribution in [0.4, 0.5) is 0 Å². The maximum atomic E-state index is 11.6. The number of hydrazine groups is 1. The second-order valence-electron chi connectivity index (χ2n) is 4.16. The minimum atomic E-state index is -0.692. The van der Waals surface area contributed by atoms with Crippen LogP contribution in [-0.4, -0.2) is 23.2 Å². The molecule has 1 amide bonds. The zero-order valence-corrected chi connectivity index (χ0v) is 11.2. The van der Waals surface area contributed by atoms with E-state index in [1.807, 2.05) is 24.3 Å². The predicted molar refractivity (Wildman–Crippen MR) is 71.3 cm³/mol. The third kappa shape index (κ3) is 4.03. The molecule has 1 unspecified atom stereocenters. The SMILES string of the molecule is CC(C)Sc1ccc(C(N)C(=O)N(C)N)cc1. The van der Waals surface area contributed by atoms with Crippen molar-refractivity contribution in [3.8, 4) is 0 Å². The van der Waals surface area contributed by atoms with Gasteiger partial charge in [0.25, 0.3) is 5.91 Å². The Kier molecular flexibility index (Phi) is 4.99. The lowest BCUT2D eigenvalue weighted by Crippen LogP contribution is -2.40. The quantitative estimate of drug-likeness (QED) is 0.369. The van der Waals surface area contributed by atoms with E-state index in [0.29, 0.717) is 5.25 Å². The number of carbonyl (C=O) groups is 1. The van der Waals surface area contributed by atoms with E-state index in [0.717, 1.165) is 10.6 Å². The van der Waals surface area contributed by atoms with Gasteiger partial charge in [0.2, 0.25) is 0 Å². The van der Waals surface area contributed by atoms with Gasteiger partial charge in [0.1, 0.15) is 6.04 Å². The van der Waals surface area contributed by atoms with Crippen molar-refractivity contribution in [2.24, 2.45) is 11.6 Å². The number of amides is 1. The molecular weight excluding hydrogens is 234 g/mol. The smallest absolute Gasteiger partial charge is 0.257 e. The highest BCUT2D eigenvalue weighted by atomic mass is 32.2. The summed E-state index contributed by atoms with van der Waals surface area (Å²) in [7, 11) is 1.49. The number of nitrogens with zero attached hydrogens (tertiary/aromatic N) is 1. The van der Waals surface area contributed by atoms with Crippen LogP contribution < -0.4 is 11.6 Å². The van der Waals surface area contributed by atoms with Crippen LogP contribution in [0.2, 0.25) is 0 Å². The lowest BCUT2D eigenvalue weighted by molar-refractivity contribution is -0.131. The standard InChI is InChI=1S/C12H19N3OS/c1-8(2)17-10-6-4-9(5-7-10)11(13)12(16)15(3)14/h4-8,11H,13-14H2,1-3H3. The van der Waals surface area contributed by atoms with Crippen LogP contribution in [0.15, 0.2) is 29.2 Å². The molecule has 0 aliphatic rings. The van der Waals surface area contributed by atoms with Crippen molar-refractivity contribution in [1.29, 1.82) is 0 Å². The number of thioether (sulfide) groups is 1. The lowest BCUT2D eigenvalue weighted by atomic mass is 10.1. The summed E-state index contributed by atoms with van der Waals surface area (Å²) in [4.78, 5) is 12.7. The van der Waals surface area contributed by atoms with Crippen LogP contribution >= 0.6 is 11.8 Å². The van der Waals surface area contributed by atoms with E-state index in [4.69, 9.17) is 11.6 Å². The molecule has 0 radical (unpaired) electrons.